The lowest BCUT2D eigenvalue weighted by atomic mass is 10.0. The Morgan fingerprint density at radius 2 is 2.06 bits per heavy atom. The van der Waals surface area contributed by atoms with Gasteiger partial charge in [0.1, 0.15) is 5.82 Å². The normalized spacial score (nSPS) is 10.6. The van der Waals surface area contributed by atoms with Gasteiger partial charge in [-0.2, -0.15) is 4.98 Å². The van der Waals surface area contributed by atoms with E-state index >= 15 is 0 Å². The molecule has 0 atom stereocenters. The van der Waals surface area contributed by atoms with Gasteiger partial charge in [0.05, 0.1) is 12.8 Å². The Bertz CT molecular complexity index is 416. The molecule has 0 aliphatic heterocycles. The standard InChI is InChI=1S/C12H18N2O3/c1-7(2)11-9(5-6-10(15)16)12(17-4)14-8(3)13-11/h7H,5-6H2,1-4H3,(H,15,16). The van der Waals surface area contributed by atoms with Crippen molar-refractivity contribution in [2.75, 3.05) is 7.11 Å². The molecule has 0 aliphatic carbocycles. The van der Waals surface area contributed by atoms with E-state index in [1.54, 1.807) is 6.92 Å². The molecule has 17 heavy (non-hydrogen) atoms. The van der Waals surface area contributed by atoms with E-state index in [2.05, 4.69) is 9.97 Å². The summed E-state index contributed by atoms with van der Waals surface area (Å²) >= 11 is 0. The summed E-state index contributed by atoms with van der Waals surface area (Å²) in [6.45, 7) is 5.84. The topological polar surface area (TPSA) is 72.3 Å². The average Bonchev–Trinajstić information content (AvgIpc) is 2.25. The number of aliphatic carboxylic acids is 1. The summed E-state index contributed by atoms with van der Waals surface area (Å²) in [6, 6.07) is 0. The Balaban J connectivity index is 3.16. The highest BCUT2D eigenvalue weighted by Crippen LogP contribution is 2.26. The van der Waals surface area contributed by atoms with Crippen LogP contribution in [0.5, 0.6) is 5.88 Å². The second-order valence-electron chi connectivity index (χ2n) is 4.19. The number of nitrogens with zero attached hydrogens (tertiary/aromatic N) is 2. The lowest BCUT2D eigenvalue weighted by molar-refractivity contribution is -0.136. The molecule has 0 spiro atoms. The minimum atomic E-state index is -0.831. The van der Waals surface area contributed by atoms with Crippen LogP contribution in [0.25, 0.3) is 0 Å². The summed E-state index contributed by atoms with van der Waals surface area (Å²) in [5.74, 6) is 0.517. The summed E-state index contributed by atoms with van der Waals surface area (Å²) < 4.78 is 5.21. The fourth-order valence-corrected chi connectivity index (χ4v) is 1.70. The molecule has 1 rings (SSSR count). The SMILES string of the molecule is COc1nc(C)nc(C(C)C)c1CCC(=O)O. The van der Waals surface area contributed by atoms with Gasteiger partial charge in [-0.05, 0) is 19.3 Å². The summed E-state index contributed by atoms with van der Waals surface area (Å²) in [5.41, 5.74) is 1.67. The molecule has 0 radical (unpaired) electrons. The van der Waals surface area contributed by atoms with Gasteiger partial charge in [0.15, 0.2) is 0 Å². The average molecular weight is 238 g/mol. The van der Waals surface area contributed by atoms with E-state index in [1.807, 2.05) is 13.8 Å². The number of carboxylic acid groups (broad SMARTS) is 1. The first-order valence-electron chi connectivity index (χ1n) is 5.59. The zero-order valence-corrected chi connectivity index (χ0v) is 10.6. The fourth-order valence-electron chi connectivity index (χ4n) is 1.70. The lowest BCUT2D eigenvalue weighted by Crippen LogP contribution is -2.09. The predicted octanol–water partition coefficient (Wildman–Crippen LogP) is 1.93. The third-order valence-corrected chi connectivity index (χ3v) is 2.44. The van der Waals surface area contributed by atoms with Crippen molar-refractivity contribution in [2.24, 2.45) is 0 Å². The monoisotopic (exact) mass is 238 g/mol. The molecule has 0 saturated carbocycles. The molecule has 5 heteroatoms. The van der Waals surface area contributed by atoms with E-state index in [9.17, 15) is 4.79 Å². The zero-order chi connectivity index (χ0) is 13.0. The van der Waals surface area contributed by atoms with E-state index < -0.39 is 5.97 Å². The Kier molecular flexibility index (Phi) is 4.43. The second kappa shape index (κ2) is 5.61. The molecule has 0 aliphatic rings. The van der Waals surface area contributed by atoms with Crippen LogP contribution in [0.15, 0.2) is 0 Å². The summed E-state index contributed by atoms with van der Waals surface area (Å²) in [6.07, 6.45) is 0.453. The highest BCUT2D eigenvalue weighted by molar-refractivity contribution is 5.67. The third kappa shape index (κ3) is 3.41. The van der Waals surface area contributed by atoms with Crippen LogP contribution in [0, 0.1) is 6.92 Å². The van der Waals surface area contributed by atoms with Crippen LogP contribution in [0.4, 0.5) is 0 Å². The van der Waals surface area contributed by atoms with Crippen molar-refractivity contribution in [1.29, 1.82) is 0 Å². The first kappa shape index (κ1) is 13.4. The number of ether oxygens (including phenoxy) is 1. The highest BCUT2D eigenvalue weighted by Gasteiger charge is 2.17. The molecule has 0 amide bonds. The number of carbonyl (C=O) groups is 1. The van der Waals surface area contributed by atoms with Crippen molar-refractivity contribution in [1.82, 2.24) is 9.97 Å². The number of hydrogen-bond donors (Lipinski definition) is 1. The minimum Gasteiger partial charge on any atom is -0.481 e. The van der Waals surface area contributed by atoms with Crippen molar-refractivity contribution in [3.63, 3.8) is 0 Å². The quantitative estimate of drug-likeness (QED) is 0.848. The van der Waals surface area contributed by atoms with Crippen molar-refractivity contribution in [2.45, 2.75) is 39.5 Å². The number of aromatic nitrogens is 2. The van der Waals surface area contributed by atoms with Crippen LogP contribution in [0.3, 0.4) is 0 Å². The maximum atomic E-state index is 10.6. The van der Waals surface area contributed by atoms with E-state index in [1.165, 1.54) is 7.11 Å². The Morgan fingerprint density at radius 3 is 2.53 bits per heavy atom. The van der Waals surface area contributed by atoms with Crippen molar-refractivity contribution in [3.8, 4) is 5.88 Å². The smallest absolute Gasteiger partial charge is 0.303 e. The van der Waals surface area contributed by atoms with Crippen molar-refractivity contribution < 1.29 is 14.6 Å². The summed E-state index contributed by atoms with van der Waals surface area (Å²) in [7, 11) is 1.54. The maximum Gasteiger partial charge on any atom is 0.303 e. The maximum absolute atomic E-state index is 10.6. The highest BCUT2D eigenvalue weighted by atomic mass is 16.5. The molecular weight excluding hydrogens is 220 g/mol. The Morgan fingerprint density at radius 1 is 1.41 bits per heavy atom. The molecule has 0 bridgehead atoms. The van der Waals surface area contributed by atoms with Crippen LogP contribution < -0.4 is 4.74 Å². The number of methoxy groups -OCH3 is 1. The molecule has 0 saturated heterocycles. The minimum absolute atomic E-state index is 0.0580. The molecule has 0 fully saturated rings. The largest absolute Gasteiger partial charge is 0.481 e. The van der Waals surface area contributed by atoms with Gasteiger partial charge in [-0.15, -0.1) is 0 Å². The molecule has 1 aromatic heterocycles. The van der Waals surface area contributed by atoms with Gasteiger partial charge in [-0.3, -0.25) is 4.79 Å². The van der Waals surface area contributed by atoms with Crippen LogP contribution in [0.2, 0.25) is 0 Å². The van der Waals surface area contributed by atoms with Gasteiger partial charge in [-0.25, -0.2) is 4.98 Å². The van der Waals surface area contributed by atoms with Crippen LogP contribution in [0.1, 0.15) is 43.3 Å². The van der Waals surface area contributed by atoms with Crippen molar-refractivity contribution in [3.05, 3.63) is 17.1 Å². The fraction of sp³-hybridized carbons (Fsp3) is 0.583. The number of aryl methyl sites for hydroxylation is 1. The molecule has 1 aromatic rings. The first-order valence-corrected chi connectivity index (χ1v) is 5.59. The van der Waals surface area contributed by atoms with E-state index in [4.69, 9.17) is 9.84 Å². The van der Waals surface area contributed by atoms with Gasteiger partial charge < -0.3 is 9.84 Å². The molecule has 5 nitrogen and oxygen atoms in total. The van der Waals surface area contributed by atoms with E-state index in [0.717, 1.165) is 11.3 Å². The van der Waals surface area contributed by atoms with Crippen molar-refractivity contribution >= 4 is 5.97 Å². The Labute approximate surface area is 101 Å². The zero-order valence-electron chi connectivity index (χ0n) is 10.6. The Hall–Kier alpha value is -1.65. The first-order chi connectivity index (χ1) is 7.95. The number of hydrogen-bond acceptors (Lipinski definition) is 4. The molecular formula is C12H18N2O3. The van der Waals surface area contributed by atoms with Crippen LogP contribution in [-0.4, -0.2) is 28.2 Å². The van der Waals surface area contributed by atoms with Gasteiger partial charge >= 0.3 is 5.97 Å². The second-order valence-corrected chi connectivity index (χ2v) is 4.19. The van der Waals surface area contributed by atoms with Gasteiger partial charge in [0.25, 0.3) is 0 Å². The van der Waals surface area contributed by atoms with Crippen LogP contribution >= 0.6 is 0 Å². The molecule has 94 valence electrons. The number of carboxylic acids is 1. The van der Waals surface area contributed by atoms with Gasteiger partial charge in [-0.1, -0.05) is 13.8 Å². The lowest BCUT2D eigenvalue weighted by Gasteiger charge is -2.14. The van der Waals surface area contributed by atoms with Gasteiger partial charge in [0.2, 0.25) is 5.88 Å². The molecule has 1 heterocycles. The van der Waals surface area contributed by atoms with Gasteiger partial charge in [0, 0.05) is 12.0 Å². The van der Waals surface area contributed by atoms with Crippen LogP contribution in [-0.2, 0) is 11.2 Å². The number of rotatable bonds is 5. The van der Waals surface area contributed by atoms with E-state index in [0.29, 0.717) is 18.1 Å². The molecule has 1 N–H and O–H groups in total. The molecule has 0 aromatic carbocycles. The summed E-state index contributed by atoms with van der Waals surface area (Å²) in [5, 5.41) is 8.74. The predicted molar refractivity (Wildman–Crippen MR) is 63.4 cm³/mol. The molecule has 0 unspecified atom stereocenters. The summed E-state index contributed by atoms with van der Waals surface area (Å²) in [4.78, 5) is 19.2. The third-order valence-electron chi connectivity index (χ3n) is 2.44. The van der Waals surface area contributed by atoms with E-state index in [-0.39, 0.29) is 12.3 Å².